The lowest BCUT2D eigenvalue weighted by Gasteiger charge is -2.42. The van der Waals surface area contributed by atoms with Crippen molar-refractivity contribution in [3.8, 4) is 0 Å². The van der Waals surface area contributed by atoms with Crippen LogP contribution in [0.5, 0.6) is 0 Å². The van der Waals surface area contributed by atoms with Gasteiger partial charge in [-0.15, -0.1) is 0 Å². The van der Waals surface area contributed by atoms with Crippen LogP contribution in [0.25, 0.3) is 0 Å². The van der Waals surface area contributed by atoms with E-state index in [1.807, 2.05) is 55.4 Å². The number of aliphatic hydroxyl groups is 1. The Balaban J connectivity index is 4.63. The fraction of sp³-hybridized carbons (Fsp3) is 0.831. The van der Waals surface area contributed by atoms with E-state index >= 15 is 33.6 Å². The predicted molar refractivity (Wildman–Crippen MR) is 383 cm³/mol. The molecule has 0 spiro atoms. The first-order valence-corrected chi connectivity index (χ1v) is 36.4. The molecule has 0 aromatic carbocycles. The number of unbranched alkanes of at least 4 members (excludes halogenated alkanes) is 3. The first-order chi connectivity index (χ1) is 45.3. The largest absolute Gasteiger partial charge is 0.469 e. The van der Waals surface area contributed by atoms with Crippen LogP contribution in [0.4, 0.5) is 0 Å². The number of aliphatic hydroxyl groups excluding tert-OH is 1. The number of rotatable bonds is 24. The lowest BCUT2D eigenvalue weighted by atomic mass is 9.90. The van der Waals surface area contributed by atoms with E-state index in [-0.39, 0.29) is 67.9 Å². The average Bonchev–Trinajstić information content (AvgIpc) is 0.804. The van der Waals surface area contributed by atoms with Crippen LogP contribution in [-0.4, -0.2) is 256 Å². The smallest absolute Gasteiger partial charge is 0.306 e. The van der Waals surface area contributed by atoms with Crippen LogP contribution in [0.15, 0.2) is 0 Å². The Hall–Kier alpha value is -6.09. The van der Waals surface area contributed by atoms with Gasteiger partial charge in [0.15, 0.2) is 0 Å². The molecule has 11 amide bonds. The zero-order valence-corrected chi connectivity index (χ0v) is 65.3. The zero-order valence-electron chi connectivity index (χ0n) is 64.5. The maximum Gasteiger partial charge on any atom is 0.306 e. The van der Waals surface area contributed by atoms with Gasteiger partial charge in [-0.1, -0.05) is 130 Å². The highest BCUT2D eigenvalue weighted by Gasteiger charge is 2.47. The van der Waals surface area contributed by atoms with Crippen molar-refractivity contribution in [1.29, 1.82) is 0 Å². The molecular formula is C71H130N12O14S. The molecule has 1 heterocycles. The number of ether oxygens (including phenoxy) is 1. The molecule has 0 unspecified atom stereocenters. The zero-order chi connectivity index (χ0) is 75.9. The van der Waals surface area contributed by atoms with E-state index in [1.165, 1.54) is 111 Å². The highest BCUT2D eigenvalue weighted by molar-refractivity contribution is 8.00. The third kappa shape index (κ3) is 26.5. The van der Waals surface area contributed by atoms with Crippen LogP contribution in [-0.2, 0) is 62.3 Å². The SMILES string of the molecule is CC[C@@H]1NC(=O)[C@H]([C@H](O)[C@H](C)CCCCCCN)N(C)C(=O)[C@H](C(C)C)N(C)C(=O)[C@H](CC(C)C)N(C)C(=O)[C@H](CC(C)C)N(C)C(=O)[C@@H](C)NC(=O)[C@H](C)NC(=O)[C@H](CC(C)C)N(C)C(=O)[C@H](C(C)C)NC(=O)[C@H](CC(C)C)N(C)C(=O)[C@@H](CSC(C)(C)CC(=O)OC)N(C)C1=O. The molecule has 1 aliphatic heterocycles. The van der Waals surface area contributed by atoms with Crippen LogP contribution in [0.2, 0.25) is 0 Å². The molecule has 13 atom stereocenters. The monoisotopic (exact) mass is 1410 g/mol. The lowest BCUT2D eigenvalue weighted by Crippen LogP contribution is -2.64. The van der Waals surface area contributed by atoms with E-state index in [1.54, 1.807) is 55.4 Å². The van der Waals surface area contributed by atoms with Crippen LogP contribution in [0, 0.1) is 41.4 Å². The molecule has 7 N–H and O–H groups in total. The van der Waals surface area contributed by atoms with Gasteiger partial charge in [0.25, 0.3) is 0 Å². The molecule has 1 fully saturated rings. The molecule has 26 nitrogen and oxygen atoms in total. The van der Waals surface area contributed by atoms with Gasteiger partial charge in [0.1, 0.15) is 66.5 Å². The van der Waals surface area contributed by atoms with Gasteiger partial charge in [-0.25, -0.2) is 0 Å². The van der Waals surface area contributed by atoms with Crippen molar-refractivity contribution in [2.45, 2.75) is 273 Å². The molecule has 0 aliphatic carbocycles. The summed E-state index contributed by atoms with van der Waals surface area (Å²) in [6, 6.07) is -14.3. The number of carbonyl (C=O) groups is 12. The molecule has 27 heteroatoms. The molecule has 1 aliphatic rings. The minimum Gasteiger partial charge on any atom is -0.469 e. The molecule has 1 rings (SSSR count). The van der Waals surface area contributed by atoms with Gasteiger partial charge in [-0.3, -0.25) is 57.5 Å². The third-order valence-electron chi connectivity index (χ3n) is 18.7. The van der Waals surface area contributed by atoms with E-state index in [0.717, 1.165) is 24.2 Å². The summed E-state index contributed by atoms with van der Waals surface area (Å²) in [5.41, 5.74) is 5.78. The number of nitrogens with one attached hydrogen (secondary N) is 4. The summed E-state index contributed by atoms with van der Waals surface area (Å²) in [6.45, 7) is 32.1. The average molecular weight is 1410 g/mol. The summed E-state index contributed by atoms with van der Waals surface area (Å²) in [7, 11) is 11.2. The minimum absolute atomic E-state index is 0.0503. The van der Waals surface area contributed by atoms with E-state index < -0.39 is 166 Å². The highest BCUT2D eigenvalue weighted by atomic mass is 32.2. The summed E-state index contributed by atoms with van der Waals surface area (Å²) >= 11 is 1.20. The maximum atomic E-state index is 15.5. The number of esters is 1. The summed E-state index contributed by atoms with van der Waals surface area (Å²) in [6.07, 6.45) is 2.30. The summed E-state index contributed by atoms with van der Waals surface area (Å²) in [4.78, 5) is 186. The van der Waals surface area contributed by atoms with E-state index in [4.69, 9.17) is 10.5 Å². The van der Waals surface area contributed by atoms with Crippen molar-refractivity contribution in [1.82, 2.24) is 55.6 Å². The van der Waals surface area contributed by atoms with Crippen LogP contribution >= 0.6 is 11.8 Å². The highest BCUT2D eigenvalue weighted by Crippen LogP contribution is 2.32. The number of thioether (sulfide) groups is 1. The van der Waals surface area contributed by atoms with Gasteiger partial charge in [-0.2, -0.15) is 11.8 Å². The topological polar surface area (TPSA) is 331 Å². The first-order valence-electron chi connectivity index (χ1n) is 35.5. The molecule has 1 saturated heterocycles. The van der Waals surface area contributed by atoms with Crippen molar-refractivity contribution in [2.24, 2.45) is 47.2 Å². The first kappa shape index (κ1) is 89.9. The molecular weight excluding hydrogens is 1280 g/mol. The van der Waals surface area contributed by atoms with Gasteiger partial charge < -0.3 is 71.1 Å². The Bertz CT molecular complexity index is 2660. The van der Waals surface area contributed by atoms with Crippen LogP contribution in [0.3, 0.4) is 0 Å². The fourth-order valence-corrected chi connectivity index (χ4v) is 13.6. The second-order valence-corrected chi connectivity index (χ2v) is 32.0. The molecule has 564 valence electrons. The molecule has 0 radical (unpaired) electrons. The molecule has 0 bridgehead atoms. The number of methoxy groups -OCH3 is 1. The molecule has 0 aromatic rings. The van der Waals surface area contributed by atoms with Crippen molar-refractivity contribution in [2.75, 3.05) is 68.7 Å². The van der Waals surface area contributed by atoms with Crippen molar-refractivity contribution >= 4 is 82.7 Å². The Labute approximate surface area is 591 Å². The summed E-state index contributed by atoms with van der Waals surface area (Å²) in [5, 5.41) is 23.7. The van der Waals surface area contributed by atoms with E-state index in [9.17, 15) is 29.1 Å². The second kappa shape index (κ2) is 41.6. The van der Waals surface area contributed by atoms with Crippen molar-refractivity contribution in [3.05, 3.63) is 0 Å². The Kier molecular flexibility index (Phi) is 38.2. The van der Waals surface area contributed by atoms with Gasteiger partial charge in [0.05, 0.1) is 19.6 Å². The van der Waals surface area contributed by atoms with E-state index in [2.05, 4.69) is 21.3 Å². The number of carbonyl (C=O) groups excluding carboxylic acids is 12. The van der Waals surface area contributed by atoms with Gasteiger partial charge in [0.2, 0.25) is 65.0 Å². The van der Waals surface area contributed by atoms with Crippen molar-refractivity contribution in [3.63, 3.8) is 0 Å². The quantitative estimate of drug-likeness (QED) is 0.0566. The number of nitrogens with zero attached hydrogens (tertiary/aromatic N) is 7. The molecule has 98 heavy (non-hydrogen) atoms. The second-order valence-electron chi connectivity index (χ2n) is 30.3. The maximum absolute atomic E-state index is 15.5. The normalized spacial score (nSPS) is 25.7. The van der Waals surface area contributed by atoms with Crippen LogP contribution in [0.1, 0.15) is 195 Å². The number of likely N-dealkylation sites (N-methyl/N-ethyl adjacent to an activating group) is 7. The van der Waals surface area contributed by atoms with E-state index in [0.29, 0.717) is 19.4 Å². The number of amides is 11. The fourth-order valence-electron chi connectivity index (χ4n) is 12.4. The number of nitrogens with two attached hydrogens (primary N) is 1. The van der Waals surface area contributed by atoms with Gasteiger partial charge in [0, 0.05) is 59.8 Å². The number of hydrogen-bond acceptors (Lipinski definition) is 16. The van der Waals surface area contributed by atoms with Gasteiger partial charge in [-0.05, 0) is 107 Å². The standard InChI is InChI=1S/C71H130N12O14S/c1-27-49-65(91)81(23)54(39-98-71(17,18)38-55(84)97-26)68(94)77(19)51(35-41(4)5)62(88)76-56(44(10)11)69(95)78(20)50(34-40(2)3)61(87)73-47(15)60(86)74-48(16)64(90)79(21)52(36-42(6)7)66(92)80(22)53(37-43(8)9)67(93)82(24)57(45(12)13)70(96)83(25)58(63(89)75-49)59(85)46(14)32-30-28-29-31-33-72/h40-54,56-59,85H,27-39,72H2,1-26H3,(H,73,87)(H,74,86)(H,75,89)(H,76,88)/t46-,47+,48-,49+,50+,51+,52+,53+,54-,56+,57+,58+,59-/m1/s1. The minimum atomic E-state index is -1.67. The number of hydrogen-bond donors (Lipinski definition) is 6. The van der Waals surface area contributed by atoms with Crippen molar-refractivity contribution < 1.29 is 67.4 Å². The Morgan fingerprint density at radius 1 is 0.490 bits per heavy atom. The third-order valence-corrected chi connectivity index (χ3v) is 20.1. The van der Waals surface area contributed by atoms with Crippen LogP contribution < -0.4 is 27.0 Å². The van der Waals surface area contributed by atoms with Gasteiger partial charge >= 0.3 is 5.97 Å². The molecule has 0 saturated carbocycles. The Morgan fingerprint density at radius 3 is 1.36 bits per heavy atom. The lowest BCUT2D eigenvalue weighted by molar-refractivity contribution is -0.157. The Morgan fingerprint density at radius 2 is 0.898 bits per heavy atom. The predicted octanol–water partition coefficient (Wildman–Crippen LogP) is 4.66. The summed E-state index contributed by atoms with van der Waals surface area (Å²) < 4.78 is 4.13. The molecule has 0 aromatic heterocycles. The summed E-state index contributed by atoms with van der Waals surface area (Å²) in [5.74, 6) is -11.0.